The summed E-state index contributed by atoms with van der Waals surface area (Å²) in [7, 11) is 0. The molecule has 0 saturated carbocycles. The topological polar surface area (TPSA) is 34.0 Å². The Hall–Kier alpha value is -7.82. The molecule has 0 atom stereocenters. The minimum absolute atomic E-state index is 0.196. The van der Waals surface area contributed by atoms with E-state index in [1.165, 1.54) is 55.2 Å². The Morgan fingerprint density at radius 2 is 1.05 bits per heavy atom. The van der Waals surface area contributed by atoms with Gasteiger partial charge in [-0.25, -0.2) is 9.97 Å². The number of nitrogens with zero attached hydrogens (tertiary/aromatic N) is 4. The number of benzene rings is 9. The highest BCUT2D eigenvalue weighted by Gasteiger charge is 2.37. The predicted molar refractivity (Wildman–Crippen MR) is 255 cm³/mol. The second kappa shape index (κ2) is 13.6. The molecule has 1 aliphatic heterocycles. The van der Waals surface area contributed by atoms with Gasteiger partial charge in [-0.1, -0.05) is 166 Å². The van der Waals surface area contributed by atoms with E-state index in [1.807, 2.05) is 6.07 Å². The number of aromatic nitrogens is 3. The van der Waals surface area contributed by atoms with Crippen LogP contribution in [0.2, 0.25) is 0 Å². The van der Waals surface area contributed by atoms with E-state index >= 15 is 0 Å². The van der Waals surface area contributed by atoms with Crippen LogP contribution < -0.4 is 4.90 Å². The summed E-state index contributed by atoms with van der Waals surface area (Å²) in [6.07, 6.45) is 0. The Morgan fingerprint density at radius 1 is 0.410 bits per heavy atom. The van der Waals surface area contributed by atoms with Crippen molar-refractivity contribution in [1.29, 1.82) is 0 Å². The molecule has 0 N–H and O–H groups in total. The lowest BCUT2D eigenvalue weighted by Crippen LogP contribution is -2.30. The van der Waals surface area contributed by atoms with Crippen LogP contribution >= 0.6 is 0 Å². The van der Waals surface area contributed by atoms with E-state index in [0.717, 1.165) is 50.0 Å². The largest absolute Gasteiger partial charge is 0.310 e. The van der Waals surface area contributed by atoms with Gasteiger partial charge in [-0.2, -0.15) is 0 Å². The Balaban J connectivity index is 1.03. The number of hydrogen-bond donors (Lipinski definition) is 0. The molecule has 2 aromatic heterocycles. The summed E-state index contributed by atoms with van der Waals surface area (Å²) in [4.78, 5) is 13.1. The fourth-order valence-electron chi connectivity index (χ4n) is 9.78. The summed E-state index contributed by atoms with van der Waals surface area (Å²) in [5.41, 5.74) is 15.7. The SMILES string of the molecule is CC1(C)c2ccccc2N(c2ccccc2)c2ccc(-c3cccc(-c4ccc5c6c7ccccc7ccc6n(-c6nc(-c7ccccc7)c7ccccc7n6)c5c4)c3)cc21. The minimum Gasteiger partial charge on any atom is -0.310 e. The Labute approximate surface area is 354 Å². The summed E-state index contributed by atoms with van der Waals surface area (Å²) >= 11 is 0. The molecular weight excluding hydrogens is 741 g/mol. The summed E-state index contributed by atoms with van der Waals surface area (Å²) in [6, 6.07) is 74.3. The van der Waals surface area contributed by atoms with Gasteiger partial charge in [-0.05, 0) is 98.8 Å². The quantitative estimate of drug-likeness (QED) is 0.174. The van der Waals surface area contributed by atoms with Crippen molar-refractivity contribution in [3.05, 3.63) is 217 Å². The predicted octanol–water partition coefficient (Wildman–Crippen LogP) is 15.0. The molecule has 1 aliphatic rings. The minimum atomic E-state index is -0.196. The third-order valence-electron chi connectivity index (χ3n) is 12.8. The van der Waals surface area contributed by atoms with Crippen LogP contribution in [0.25, 0.3) is 82.9 Å². The van der Waals surface area contributed by atoms with Gasteiger partial charge in [0.05, 0.1) is 33.6 Å². The molecule has 0 amide bonds. The van der Waals surface area contributed by atoms with Crippen LogP contribution in [0.4, 0.5) is 17.1 Å². The number of anilines is 3. The smallest absolute Gasteiger partial charge is 0.235 e. The van der Waals surface area contributed by atoms with Crippen molar-refractivity contribution >= 4 is 60.5 Å². The second-order valence-electron chi connectivity index (χ2n) is 16.6. The molecule has 11 aromatic rings. The summed E-state index contributed by atoms with van der Waals surface area (Å²) in [5.74, 6) is 0.654. The second-order valence-corrected chi connectivity index (χ2v) is 16.6. The number of para-hydroxylation sites is 3. The molecule has 0 radical (unpaired) electrons. The van der Waals surface area contributed by atoms with E-state index in [0.29, 0.717) is 5.95 Å². The Morgan fingerprint density at radius 3 is 1.89 bits per heavy atom. The molecule has 0 bridgehead atoms. The van der Waals surface area contributed by atoms with Gasteiger partial charge in [0, 0.05) is 32.8 Å². The molecule has 3 heterocycles. The first-order chi connectivity index (χ1) is 30.0. The summed E-state index contributed by atoms with van der Waals surface area (Å²) in [5, 5.41) is 5.83. The van der Waals surface area contributed by atoms with E-state index in [1.54, 1.807) is 0 Å². The average molecular weight is 781 g/mol. The highest BCUT2D eigenvalue weighted by molar-refractivity contribution is 6.21. The highest BCUT2D eigenvalue weighted by Crippen LogP contribution is 2.52. The molecule has 288 valence electrons. The fourth-order valence-corrected chi connectivity index (χ4v) is 9.78. The van der Waals surface area contributed by atoms with Crippen LogP contribution in [0.3, 0.4) is 0 Å². The van der Waals surface area contributed by atoms with Gasteiger partial charge in [0.1, 0.15) is 0 Å². The van der Waals surface area contributed by atoms with Crippen LogP contribution in [0.1, 0.15) is 25.0 Å². The molecule has 0 aliphatic carbocycles. The Kier molecular flexibility index (Phi) is 7.85. The molecule has 4 nitrogen and oxygen atoms in total. The van der Waals surface area contributed by atoms with Gasteiger partial charge in [-0.15, -0.1) is 0 Å². The Bertz CT molecular complexity index is 3510. The summed E-state index contributed by atoms with van der Waals surface area (Å²) < 4.78 is 2.27. The van der Waals surface area contributed by atoms with Crippen molar-refractivity contribution in [2.24, 2.45) is 0 Å². The molecule has 0 saturated heterocycles. The average Bonchev–Trinajstić information content (AvgIpc) is 3.66. The summed E-state index contributed by atoms with van der Waals surface area (Å²) in [6.45, 7) is 4.71. The lowest BCUT2D eigenvalue weighted by molar-refractivity contribution is 0.632. The molecule has 0 spiro atoms. The zero-order valence-electron chi connectivity index (χ0n) is 33.9. The van der Waals surface area contributed by atoms with Crippen molar-refractivity contribution in [2.45, 2.75) is 19.3 Å². The van der Waals surface area contributed by atoms with Crippen molar-refractivity contribution in [3.8, 4) is 39.5 Å². The van der Waals surface area contributed by atoms with E-state index < -0.39 is 0 Å². The van der Waals surface area contributed by atoms with E-state index in [4.69, 9.17) is 9.97 Å². The zero-order valence-corrected chi connectivity index (χ0v) is 33.9. The molecular formula is C57H40N4. The van der Waals surface area contributed by atoms with Crippen LogP contribution in [0.5, 0.6) is 0 Å². The normalized spacial score (nSPS) is 13.2. The fraction of sp³-hybridized carbons (Fsp3) is 0.0526. The first-order valence-corrected chi connectivity index (χ1v) is 21.0. The van der Waals surface area contributed by atoms with Gasteiger partial charge in [0.15, 0.2) is 0 Å². The lowest BCUT2D eigenvalue weighted by Gasteiger charge is -2.42. The van der Waals surface area contributed by atoms with Gasteiger partial charge >= 0.3 is 0 Å². The standard InChI is InChI=1S/C57H40N4/c1-57(2)47-25-12-14-27-50(47)60(43-21-7-4-8-22-43)51-32-30-41(35-48(51)57)39-19-15-20-40(34-39)42-28-31-46-53(36-42)61(52-33-29-37-16-9-10-23-44(37)54(46)52)56-58-49-26-13-11-24-45(49)55(59-56)38-17-5-3-6-18-38/h3-36H,1-2H3. The number of hydrogen-bond acceptors (Lipinski definition) is 3. The van der Waals surface area contributed by atoms with E-state index in [-0.39, 0.29) is 5.41 Å². The van der Waals surface area contributed by atoms with Gasteiger partial charge in [-0.3, -0.25) is 4.57 Å². The molecule has 0 fully saturated rings. The van der Waals surface area contributed by atoms with Crippen molar-refractivity contribution in [3.63, 3.8) is 0 Å². The third-order valence-corrected chi connectivity index (χ3v) is 12.8. The highest BCUT2D eigenvalue weighted by atomic mass is 15.2. The van der Waals surface area contributed by atoms with Crippen LogP contribution in [0, 0.1) is 0 Å². The van der Waals surface area contributed by atoms with Gasteiger partial charge in [0.25, 0.3) is 0 Å². The maximum absolute atomic E-state index is 5.38. The number of rotatable bonds is 5. The van der Waals surface area contributed by atoms with Crippen molar-refractivity contribution in [1.82, 2.24) is 14.5 Å². The first kappa shape index (κ1) is 35.2. The van der Waals surface area contributed by atoms with Crippen LogP contribution in [-0.4, -0.2) is 14.5 Å². The monoisotopic (exact) mass is 780 g/mol. The first-order valence-electron chi connectivity index (χ1n) is 21.0. The maximum atomic E-state index is 5.38. The number of fused-ring (bicyclic) bond motifs is 8. The van der Waals surface area contributed by atoms with Crippen LogP contribution in [0.15, 0.2) is 206 Å². The maximum Gasteiger partial charge on any atom is 0.235 e. The third kappa shape index (κ3) is 5.53. The lowest BCUT2D eigenvalue weighted by atomic mass is 9.73. The van der Waals surface area contributed by atoms with Crippen molar-refractivity contribution in [2.75, 3.05) is 4.90 Å². The van der Waals surface area contributed by atoms with E-state index in [2.05, 4.69) is 224 Å². The molecule has 12 rings (SSSR count). The van der Waals surface area contributed by atoms with Gasteiger partial charge < -0.3 is 4.90 Å². The van der Waals surface area contributed by atoms with Crippen molar-refractivity contribution < 1.29 is 0 Å². The molecule has 9 aromatic carbocycles. The van der Waals surface area contributed by atoms with E-state index in [9.17, 15) is 0 Å². The molecule has 4 heteroatoms. The van der Waals surface area contributed by atoms with Crippen LogP contribution in [-0.2, 0) is 5.41 Å². The molecule has 0 unspecified atom stereocenters. The molecule has 61 heavy (non-hydrogen) atoms. The zero-order chi connectivity index (χ0) is 40.7. The van der Waals surface area contributed by atoms with Gasteiger partial charge in [0.2, 0.25) is 5.95 Å².